The first-order chi connectivity index (χ1) is 12.9. The summed E-state index contributed by atoms with van der Waals surface area (Å²) in [7, 11) is 0. The molecule has 3 aromatic rings. The van der Waals surface area contributed by atoms with Crippen molar-refractivity contribution in [3.8, 4) is 6.07 Å². The van der Waals surface area contributed by atoms with E-state index in [0.717, 1.165) is 42.1 Å². The van der Waals surface area contributed by atoms with E-state index in [4.69, 9.17) is 0 Å². The van der Waals surface area contributed by atoms with Crippen LogP contribution in [0.5, 0.6) is 0 Å². The molecule has 138 valence electrons. The normalized spacial score (nSPS) is 16.7. The minimum absolute atomic E-state index is 0.215. The Labute approximate surface area is 166 Å². The van der Waals surface area contributed by atoms with Crippen LogP contribution in [0.1, 0.15) is 53.6 Å². The maximum absolute atomic E-state index is 12.7. The lowest BCUT2D eigenvalue weighted by Gasteiger charge is -2.33. The Bertz CT molecular complexity index is 1070. The Hall–Kier alpha value is -2.30. The molecule has 1 atom stereocenters. The molecule has 0 fully saturated rings. The molecule has 1 aromatic carbocycles. The van der Waals surface area contributed by atoms with Gasteiger partial charge in [0.05, 0.1) is 17.3 Å². The summed E-state index contributed by atoms with van der Waals surface area (Å²) in [6.07, 6.45) is 2.97. The van der Waals surface area contributed by atoms with Crippen molar-refractivity contribution >= 4 is 45.0 Å². The molecule has 1 N–H and O–H groups in total. The van der Waals surface area contributed by atoms with Crippen LogP contribution < -0.4 is 5.32 Å². The molecule has 0 saturated heterocycles. The molecule has 0 unspecified atom stereocenters. The average molecular weight is 397 g/mol. The van der Waals surface area contributed by atoms with Crippen LogP contribution in [0.3, 0.4) is 0 Å². The lowest BCUT2D eigenvalue weighted by Crippen LogP contribution is -2.26. The Morgan fingerprint density at radius 1 is 1.30 bits per heavy atom. The highest BCUT2D eigenvalue weighted by atomic mass is 32.1. The third kappa shape index (κ3) is 3.35. The zero-order chi connectivity index (χ0) is 19.2. The third-order valence-electron chi connectivity index (χ3n) is 5.34. The molecule has 0 aliphatic heterocycles. The first-order valence-electron chi connectivity index (χ1n) is 8.95. The number of benzene rings is 1. The summed E-state index contributed by atoms with van der Waals surface area (Å²) in [4.78, 5) is 14.0. The minimum atomic E-state index is -0.215. The van der Waals surface area contributed by atoms with E-state index in [-0.39, 0.29) is 11.3 Å². The molecule has 1 aliphatic rings. The van der Waals surface area contributed by atoms with Gasteiger partial charge in [-0.3, -0.25) is 4.79 Å². The van der Waals surface area contributed by atoms with Gasteiger partial charge >= 0.3 is 0 Å². The molecule has 2 aromatic heterocycles. The third-order valence-corrected chi connectivity index (χ3v) is 7.07. The molecule has 27 heavy (non-hydrogen) atoms. The van der Waals surface area contributed by atoms with Gasteiger partial charge in [0.1, 0.15) is 22.1 Å². The van der Waals surface area contributed by atoms with Gasteiger partial charge in [0.2, 0.25) is 0 Å². The van der Waals surface area contributed by atoms with Crippen molar-refractivity contribution in [1.82, 2.24) is 8.75 Å². The number of thiophene rings is 1. The summed E-state index contributed by atoms with van der Waals surface area (Å²) in [6.45, 7) is 6.81. The molecular formula is C20H20N4OS2. The average Bonchev–Trinajstić information content (AvgIpc) is 3.23. The first-order valence-corrected chi connectivity index (χ1v) is 10.5. The van der Waals surface area contributed by atoms with E-state index < -0.39 is 0 Å². The van der Waals surface area contributed by atoms with Gasteiger partial charge in [-0.25, -0.2) is 0 Å². The minimum Gasteiger partial charge on any atom is -0.312 e. The van der Waals surface area contributed by atoms with Crippen LogP contribution in [0.15, 0.2) is 18.2 Å². The molecule has 1 amide bonds. The van der Waals surface area contributed by atoms with Gasteiger partial charge in [0.25, 0.3) is 5.91 Å². The summed E-state index contributed by atoms with van der Waals surface area (Å²) >= 11 is 2.69. The van der Waals surface area contributed by atoms with Crippen molar-refractivity contribution in [2.24, 2.45) is 11.3 Å². The number of nitrogens with zero attached hydrogens (tertiary/aromatic N) is 3. The number of nitriles is 1. The number of carbonyl (C=O) groups excluding carboxylic acids is 1. The van der Waals surface area contributed by atoms with Gasteiger partial charge < -0.3 is 5.32 Å². The summed E-state index contributed by atoms with van der Waals surface area (Å²) in [5.74, 6) is 0.380. The van der Waals surface area contributed by atoms with E-state index in [0.29, 0.717) is 27.6 Å². The fraction of sp³-hybridized carbons (Fsp3) is 0.400. The van der Waals surface area contributed by atoms with Crippen LogP contribution in [0.2, 0.25) is 0 Å². The molecule has 0 saturated carbocycles. The lowest BCUT2D eigenvalue weighted by atomic mass is 9.72. The van der Waals surface area contributed by atoms with Gasteiger partial charge in [-0.1, -0.05) is 20.8 Å². The highest BCUT2D eigenvalue weighted by Gasteiger charge is 2.32. The number of hydrogen-bond acceptors (Lipinski definition) is 6. The SMILES string of the molecule is CC(C)(C)[C@@H]1CCc2c(sc(NC(=O)c3ccc4nsnc4c3)c2C#N)C1. The summed E-state index contributed by atoms with van der Waals surface area (Å²) in [5.41, 5.74) is 4.03. The monoisotopic (exact) mass is 396 g/mol. The van der Waals surface area contributed by atoms with Gasteiger partial charge in [-0.15, -0.1) is 11.3 Å². The van der Waals surface area contributed by atoms with Crippen molar-refractivity contribution in [1.29, 1.82) is 5.26 Å². The van der Waals surface area contributed by atoms with Crippen molar-refractivity contribution in [3.63, 3.8) is 0 Å². The van der Waals surface area contributed by atoms with Crippen molar-refractivity contribution in [2.75, 3.05) is 5.32 Å². The van der Waals surface area contributed by atoms with E-state index in [1.165, 1.54) is 4.88 Å². The standard InChI is InChI=1S/C20H20N4OS2/c1-20(2,3)12-5-6-13-14(10-21)19(26-17(13)9-12)22-18(25)11-4-7-15-16(8-11)24-27-23-15/h4,7-8,12H,5-6,9H2,1-3H3,(H,22,25)/t12-/m1/s1. The topological polar surface area (TPSA) is 78.7 Å². The molecule has 7 heteroatoms. The Kier molecular flexibility index (Phi) is 4.49. The predicted molar refractivity (Wildman–Crippen MR) is 109 cm³/mol. The summed E-state index contributed by atoms with van der Waals surface area (Å²) < 4.78 is 8.35. The summed E-state index contributed by atoms with van der Waals surface area (Å²) in [5, 5.41) is 13.3. The predicted octanol–water partition coefficient (Wildman–Crippen LogP) is 5.03. The smallest absolute Gasteiger partial charge is 0.256 e. The second-order valence-electron chi connectivity index (χ2n) is 8.05. The van der Waals surface area contributed by atoms with E-state index in [1.807, 2.05) is 0 Å². The van der Waals surface area contributed by atoms with Crippen LogP contribution in [0, 0.1) is 22.7 Å². The summed E-state index contributed by atoms with van der Waals surface area (Å²) in [6, 6.07) is 7.60. The fourth-order valence-corrected chi connectivity index (χ4v) is 5.42. The van der Waals surface area contributed by atoms with Crippen LogP contribution >= 0.6 is 23.1 Å². The number of fused-ring (bicyclic) bond motifs is 2. The second-order valence-corrected chi connectivity index (χ2v) is 9.68. The van der Waals surface area contributed by atoms with Crippen LogP contribution in [0.25, 0.3) is 11.0 Å². The van der Waals surface area contributed by atoms with Gasteiger partial charge in [-0.2, -0.15) is 14.0 Å². The zero-order valence-corrected chi connectivity index (χ0v) is 17.1. The number of rotatable bonds is 2. The van der Waals surface area contributed by atoms with Crippen molar-refractivity contribution in [2.45, 2.75) is 40.0 Å². The molecule has 0 spiro atoms. The number of aromatic nitrogens is 2. The van der Waals surface area contributed by atoms with E-state index in [9.17, 15) is 10.1 Å². The Morgan fingerprint density at radius 2 is 2.07 bits per heavy atom. The fourth-order valence-electron chi connectivity index (χ4n) is 3.63. The molecule has 5 nitrogen and oxygen atoms in total. The van der Waals surface area contributed by atoms with Crippen LogP contribution in [-0.4, -0.2) is 14.7 Å². The highest BCUT2D eigenvalue weighted by Crippen LogP contribution is 2.44. The maximum atomic E-state index is 12.7. The molecule has 1 aliphatic carbocycles. The van der Waals surface area contributed by atoms with E-state index >= 15 is 0 Å². The van der Waals surface area contributed by atoms with Crippen LogP contribution in [0.4, 0.5) is 5.00 Å². The molecule has 0 radical (unpaired) electrons. The van der Waals surface area contributed by atoms with Crippen molar-refractivity contribution < 1.29 is 4.79 Å². The first kappa shape index (κ1) is 18.1. The zero-order valence-electron chi connectivity index (χ0n) is 15.5. The second kappa shape index (κ2) is 6.70. The number of amides is 1. The Balaban J connectivity index is 1.62. The molecular weight excluding hydrogens is 376 g/mol. The quantitative estimate of drug-likeness (QED) is 0.659. The van der Waals surface area contributed by atoms with Crippen molar-refractivity contribution in [3.05, 3.63) is 39.8 Å². The van der Waals surface area contributed by atoms with Crippen LogP contribution in [-0.2, 0) is 12.8 Å². The van der Waals surface area contributed by atoms with Gasteiger partial charge in [0.15, 0.2) is 0 Å². The molecule has 2 heterocycles. The van der Waals surface area contributed by atoms with Gasteiger partial charge in [-0.05, 0) is 54.4 Å². The number of nitrogens with one attached hydrogen (secondary N) is 1. The molecule has 0 bridgehead atoms. The van der Waals surface area contributed by atoms with E-state index in [2.05, 4.69) is 40.9 Å². The number of anilines is 1. The highest BCUT2D eigenvalue weighted by molar-refractivity contribution is 7.16. The Morgan fingerprint density at radius 3 is 2.81 bits per heavy atom. The van der Waals surface area contributed by atoms with Gasteiger partial charge in [0, 0.05) is 10.4 Å². The number of carbonyl (C=O) groups is 1. The number of hydrogen-bond donors (Lipinski definition) is 1. The largest absolute Gasteiger partial charge is 0.312 e. The lowest BCUT2D eigenvalue weighted by molar-refractivity contribution is 0.102. The van der Waals surface area contributed by atoms with E-state index in [1.54, 1.807) is 29.5 Å². The maximum Gasteiger partial charge on any atom is 0.256 e. The molecule has 4 rings (SSSR count).